The Morgan fingerprint density at radius 1 is 1.32 bits per heavy atom. The number of anilines is 1. The second-order valence-electron chi connectivity index (χ2n) is 3.90. The molecule has 5 heteroatoms. The number of aromatic nitrogens is 1. The maximum absolute atomic E-state index is 13.4. The van der Waals surface area contributed by atoms with Crippen molar-refractivity contribution >= 4 is 17.4 Å². The number of hydrogen-bond acceptors (Lipinski definition) is 3. The highest BCUT2D eigenvalue weighted by atomic mass is 35.5. The first-order valence-corrected chi connectivity index (χ1v) is 6.12. The lowest BCUT2D eigenvalue weighted by Crippen LogP contribution is -2.08. The van der Waals surface area contributed by atoms with Gasteiger partial charge in [0.15, 0.2) is 0 Å². The largest absolute Gasteiger partial charge is 0.368 e. The fraction of sp³-hybridized carbons (Fsp3) is 0.143. The summed E-state index contributed by atoms with van der Waals surface area (Å²) in [4.78, 5) is 4.05. The third kappa shape index (κ3) is 3.21. The maximum Gasteiger partial charge on any atom is 0.146 e. The molecule has 0 radical (unpaired) electrons. The minimum Gasteiger partial charge on any atom is -0.368 e. The molecule has 2 rings (SSSR count). The van der Waals surface area contributed by atoms with Crippen LogP contribution in [0.2, 0.25) is 5.02 Å². The zero-order valence-electron chi connectivity index (χ0n) is 10.0. The second kappa shape index (κ2) is 6.17. The quantitative estimate of drug-likeness (QED) is 0.930. The van der Waals surface area contributed by atoms with Gasteiger partial charge in [-0.05, 0) is 24.1 Å². The van der Waals surface area contributed by atoms with Gasteiger partial charge in [-0.25, -0.2) is 9.37 Å². The fourth-order valence-corrected chi connectivity index (χ4v) is 1.89. The number of benzene rings is 1. The number of nitrogens with zero attached hydrogens (tertiary/aromatic N) is 2. The molecule has 0 unspecified atom stereocenters. The molecule has 96 valence electrons. The van der Waals surface area contributed by atoms with Gasteiger partial charge in [0.2, 0.25) is 0 Å². The van der Waals surface area contributed by atoms with Crippen LogP contribution in [0.1, 0.15) is 11.1 Å². The van der Waals surface area contributed by atoms with Gasteiger partial charge in [-0.3, -0.25) is 0 Å². The van der Waals surface area contributed by atoms with E-state index in [9.17, 15) is 4.39 Å². The standard InChI is InChI=1S/C14H11ClFN3/c15-13-11(9-17)6-8-19-14(13)18-7-5-10-3-1-2-4-12(10)16/h1-4,6,8H,5,7H2,(H,18,19). The van der Waals surface area contributed by atoms with Gasteiger partial charge in [0.05, 0.1) is 5.56 Å². The van der Waals surface area contributed by atoms with E-state index in [1.165, 1.54) is 12.3 Å². The molecule has 0 amide bonds. The van der Waals surface area contributed by atoms with Crippen molar-refractivity contribution in [2.24, 2.45) is 0 Å². The Morgan fingerprint density at radius 2 is 2.11 bits per heavy atom. The van der Waals surface area contributed by atoms with Gasteiger partial charge >= 0.3 is 0 Å². The average molecular weight is 276 g/mol. The monoisotopic (exact) mass is 275 g/mol. The van der Waals surface area contributed by atoms with Crippen LogP contribution < -0.4 is 5.32 Å². The molecule has 1 aromatic carbocycles. The summed E-state index contributed by atoms with van der Waals surface area (Å²) in [5.74, 6) is 0.214. The zero-order valence-corrected chi connectivity index (χ0v) is 10.8. The molecule has 0 saturated carbocycles. The van der Waals surface area contributed by atoms with E-state index in [1.54, 1.807) is 24.3 Å². The molecule has 2 aromatic rings. The van der Waals surface area contributed by atoms with E-state index in [1.807, 2.05) is 6.07 Å². The Labute approximate surface area is 115 Å². The van der Waals surface area contributed by atoms with E-state index in [2.05, 4.69) is 10.3 Å². The number of hydrogen-bond donors (Lipinski definition) is 1. The summed E-state index contributed by atoms with van der Waals surface area (Å²) in [6.45, 7) is 0.489. The average Bonchev–Trinajstić information content (AvgIpc) is 2.43. The summed E-state index contributed by atoms with van der Waals surface area (Å²) < 4.78 is 13.4. The van der Waals surface area contributed by atoms with Gasteiger partial charge in [-0.15, -0.1) is 0 Å². The number of pyridine rings is 1. The summed E-state index contributed by atoms with van der Waals surface area (Å²) in [7, 11) is 0. The fourth-order valence-electron chi connectivity index (χ4n) is 1.67. The van der Waals surface area contributed by atoms with Gasteiger partial charge in [0.1, 0.15) is 22.7 Å². The number of nitrogens with one attached hydrogen (secondary N) is 1. The van der Waals surface area contributed by atoms with E-state index in [0.29, 0.717) is 34.9 Å². The van der Waals surface area contributed by atoms with Crippen LogP contribution in [0.25, 0.3) is 0 Å². The molecule has 0 aliphatic rings. The highest BCUT2D eigenvalue weighted by Crippen LogP contribution is 2.22. The van der Waals surface area contributed by atoms with E-state index in [0.717, 1.165) is 0 Å². The Balaban J connectivity index is 2.01. The van der Waals surface area contributed by atoms with Crippen molar-refractivity contribution in [1.29, 1.82) is 5.26 Å². The number of rotatable bonds is 4. The minimum absolute atomic E-state index is 0.228. The van der Waals surface area contributed by atoms with E-state index >= 15 is 0 Å². The molecule has 0 spiro atoms. The summed E-state index contributed by atoms with van der Waals surface area (Å²) in [6.07, 6.45) is 2.03. The molecular weight excluding hydrogens is 265 g/mol. The highest BCUT2D eigenvalue weighted by Gasteiger charge is 2.07. The molecule has 1 aromatic heterocycles. The lowest BCUT2D eigenvalue weighted by Gasteiger charge is -2.08. The molecule has 19 heavy (non-hydrogen) atoms. The van der Waals surface area contributed by atoms with Crippen LogP contribution in [0, 0.1) is 17.1 Å². The predicted molar refractivity (Wildman–Crippen MR) is 72.6 cm³/mol. The molecule has 1 N–H and O–H groups in total. The van der Waals surface area contributed by atoms with Gasteiger partial charge < -0.3 is 5.32 Å². The van der Waals surface area contributed by atoms with Gasteiger partial charge in [-0.1, -0.05) is 29.8 Å². The van der Waals surface area contributed by atoms with E-state index in [4.69, 9.17) is 16.9 Å². The first-order chi connectivity index (χ1) is 9.22. The Bertz CT molecular complexity index is 622. The van der Waals surface area contributed by atoms with Gasteiger partial charge in [-0.2, -0.15) is 5.26 Å². The maximum atomic E-state index is 13.4. The Kier molecular flexibility index (Phi) is 4.32. The van der Waals surface area contributed by atoms with Crippen molar-refractivity contribution in [2.45, 2.75) is 6.42 Å². The highest BCUT2D eigenvalue weighted by molar-refractivity contribution is 6.34. The Morgan fingerprint density at radius 3 is 2.84 bits per heavy atom. The minimum atomic E-state index is -0.228. The Hall–Kier alpha value is -2.12. The van der Waals surface area contributed by atoms with Crippen LogP contribution in [0.5, 0.6) is 0 Å². The predicted octanol–water partition coefficient (Wildman–Crippen LogP) is 3.40. The summed E-state index contributed by atoms with van der Waals surface area (Å²) in [5, 5.41) is 12.1. The molecule has 0 fully saturated rings. The topological polar surface area (TPSA) is 48.7 Å². The molecule has 1 heterocycles. The lowest BCUT2D eigenvalue weighted by molar-refractivity contribution is 0.610. The first-order valence-electron chi connectivity index (χ1n) is 5.74. The molecule has 3 nitrogen and oxygen atoms in total. The third-order valence-electron chi connectivity index (χ3n) is 2.65. The van der Waals surface area contributed by atoms with Crippen molar-refractivity contribution in [3.8, 4) is 6.07 Å². The first kappa shape index (κ1) is 13.3. The van der Waals surface area contributed by atoms with Crippen LogP contribution in [-0.2, 0) is 6.42 Å². The third-order valence-corrected chi connectivity index (χ3v) is 3.04. The van der Waals surface area contributed by atoms with Crippen LogP contribution >= 0.6 is 11.6 Å². The van der Waals surface area contributed by atoms with Crippen molar-refractivity contribution in [3.63, 3.8) is 0 Å². The van der Waals surface area contributed by atoms with Crippen LogP contribution in [0.3, 0.4) is 0 Å². The van der Waals surface area contributed by atoms with E-state index in [-0.39, 0.29) is 5.82 Å². The summed E-state index contributed by atoms with van der Waals surface area (Å²) >= 11 is 6.00. The summed E-state index contributed by atoms with van der Waals surface area (Å²) in [6, 6.07) is 10.1. The van der Waals surface area contributed by atoms with Crippen LogP contribution in [-0.4, -0.2) is 11.5 Å². The van der Waals surface area contributed by atoms with Gasteiger partial charge in [0, 0.05) is 12.7 Å². The zero-order chi connectivity index (χ0) is 13.7. The smallest absolute Gasteiger partial charge is 0.146 e. The van der Waals surface area contributed by atoms with Crippen molar-refractivity contribution in [2.75, 3.05) is 11.9 Å². The van der Waals surface area contributed by atoms with Crippen molar-refractivity contribution in [3.05, 3.63) is 58.5 Å². The molecular formula is C14H11ClFN3. The van der Waals surface area contributed by atoms with Gasteiger partial charge in [0.25, 0.3) is 0 Å². The number of halogens is 2. The molecule has 0 aliphatic carbocycles. The second-order valence-corrected chi connectivity index (χ2v) is 4.28. The van der Waals surface area contributed by atoms with E-state index < -0.39 is 0 Å². The molecule has 0 saturated heterocycles. The molecule has 0 aliphatic heterocycles. The molecule has 0 bridgehead atoms. The lowest BCUT2D eigenvalue weighted by atomic mass is 10.1. The van der Waals surface area contributed by atoms with Crippen molar-refractivity contribution < 1.29 is 4.39 Å². The molecule has 0 atom stereocenters. The normalized spacial score (nSPS) is 9.95. The van der Waals surface area contributed by atoms with Crippen LogP contribution in [0.4, 0.5) is 10.2 Å². The number of nitriles is 1. The SMILES string of the molecule is N#Cc1ccnc(NCCc2ccccc2F)c1Cl. The van der Waals surface area contributed by atoms with Crippen LogP contribution in [0.15, 0.2) is 36.5 Å². The van der Waals surface area contributed by atoms with Crippen molar-refractivity contribution in [1.82, 2.24) is 4.98 Å². The summed E-state index contributed by atoms with van der Waals surface area (Å²) in [5.41, 5.74) is 0.993.